The Bertz CT molecular complexity index is 413. The van der Waals surface area contributed by atoms with Crippen LogP contribution < -0.4 is 9.47 Å². The van der Waals surface area contributed by atoms with Crippen molar-refractivity contribution in [3.8, 4) is 11.5 Å². The van der Waals surface area contributed by atoms with Crippen molar-refractivity contribution in [3.05, 3.63) is 29.8 Å². The van der Waals surface area contributed by atoms with Crippen LogP contribution in [0, 0.1) is 0 Å². The minimum Gasteiger partial charge on any atom is -0.497 e. The first-order valence-corrected chi connectivity index (χ1v) is 6.26. The van der Waals surface area contributed by atoms with E-state index in [2.05, 4.69) is 0 Å². The fraction of sp³-hybridized carbons (Fsp3) is 0.308. The van der Waals surface area contributed by atoms with Crippen LogP contribution in [0.5, 0.6) is 11.5 Å². The summed E-state index contributed by atoms with van der Waals surface area (Å²) < 4.78 is 10.3. The van der Waals surface area contributed by atoms with E-state index in [1.807, 2.05) is 25.1 Å². The number of thioether (sulfide) groups is 1. The topological polar surface area (TPSA) is 35.5 Å². The molecule has 0 aliphatic rings. The molecule has 0 aliphatic heterocycles. The lowest BCUT2D eigenvalue weighted by atomic mass is 10.2. The van der Waals surface area contributed by atoms with E-state index in [0.717, 1.165) is 22.8 Å². The predicted octanol–water partition coefficient (Wildman–Crippen LogP) is 3.00. The summed E-state index contributed by atoms with van der Waals surface area (Å²) in [5.74, 6) is 2.23. The lowest BCUT2D eigenvalue weighted by Crippen LogP contribution is -1.90. The first-order valence-electron chi connectivity index (χ1n) is 5.28. The summed E-state index contributed by atoms with van der Waals surface area (Å²) >= 11 is 1.28. The van der Waals surface area contributed by atoms with Gasteiger partial charge in [-0.3, -0.25) is 4.79 Å². The first kappa shape index (κ1) is 13.6. The Labute approximate surface area is 106 Å². The third-order valence-electron chi connectivity index (χ3n) is 2.12. The van der Waals surface area contributed by atoms with Gasteiger partial charge >= 0.3 is 0 Å². The zero-order valence-electron chi connectivity index (χ0n) is 10.2. The molecule has 0 saturated heterocycles. The van der Waals surface area contributed by atoms with Crippen LogP contribution in [-0.4, -0.2) is 25.1 Å². The second-order valence-electron chi connectivity index (χ2n) is 3.19. The Hall–Kier alpha value is -1.42. The van der Waals surface area contributed by atoms with Gasteiger partial charge in [0.25, 0.3) is 0 Å². The average Bonchev–Trinajstić information content (AvgIpc) is 2.36. The van der Waals surface area contributed by atoms with E-state index in [1.165, 1.54) is 11.8 Å². The van der Waals surface area contributed by atoms with Crippen molar-refractivity contribution in [3.63, 3.8) is 0 Å². The van der Waals surface area contributed by atoms with Gasteiger partial charge in [0.1, 0.15) is 11.5 Å². The van der Waals surface area contributed by atoms with Crippen LogP contribution in [0.4, 0.5) is 0 Å². The van der Waals surface area contributed by atoms with Crippen LogP contribution >= 0.6 is 11.8 Å². The predicted molar refractivity (Wildman–Crippen MR) is 71.7 cm³/mol. The van der Waals surface area contributed by atoms with Crippen LogP contribution in [0.2, 0.25) is 0 Å². The van der Waals surface area contributed by atoms with Gasteiger partial charge in [0, 0.05) is 5.56 Å². The van der Waals surface area contributed by atoms with Crippen molar-refractivity contribution < 1.29 is 14.3 Å². The van der Waals surface area contributed by atoms with E-state index >= 15 is 0 Å². The largest absolute Gasteiger partial charge is 0.497 e. The van der Waals surface area contributed by atoms with E-state index in [1.54, 1.807) is 26.4 Å². The molecule has 1 rings (SSSR count). The third-order valence-corrected chi connectivity index (χ3v) is 2.83. The van der Waals surface area contributed by atoms with Crippen LogP contribution in [0.3, 0.4) is 0 Å². The van der Waals surface area contributed by atoms with Crippen LogP contribution in [-0.2, 0) is 4.79 Å². The van der Waals surface area contributed by atoms with E-state index in [9.17, 15) is 4.79 Å². The quantitative estimate of drug-likeness (QED) is 0.755. The molecule has 0 N–H and O–H groups in total. The van der Waals surface area contributed by atoms with Gasteiger partial charge in [-0.2, -0.15) is 0 Å². The first-order chi connectivity index (χ1) is 8.21. The maximum Gasteiger partial charge on any atom is 0.212 e. The van der Waals surface area contributed by atoms with Crippen molar-refractivity contribution in [1.29, 1.82) is 0 Å². The number of hydrogen-bond acceptors (Lipinski definition) is 4. The standard InChI is InChI=1S/C13H16O3S/c1-4-17-13(14)8-5-10-9-11(15-2)6-7-12(10)16-3/h5-9H,4H2,1-3H3/b8-5+. The molecule has 0 atom stereocenters. The normalized spacial score (nSPS) is 10.5. The highest BCUT2D eigenvalue weighted by Crippen LogP contribution is 2.25. The lowest BCUT2D eigenvalue weighted by Gasteiger charge is -2.06. The Kier molecular flexibility index (Phi) is 5.63. The summed E-state index contributed by atoms with van der Waals surface area (Å²) in [6, 6.07) is 5.47. The van der Waals surface area contributed by atoms with E-state index in [4.69, 9.17) is 9.47 Å². The molecule has 3 nitrogen and oxygen atoms in total. The van der Waals surface area contributed by atoms with Gasteiger partial charge in [-0.05, 0) is 36.1 Å². The molecule has 17 heavy (non-hydrogen) atoms. The van der Waals surface area contributed by atoms with E-state index in [-0.39, 0.29) is 5.12 Å². The summed E-state index contributed by atoms with van der Waals surface area (Å²) in [5.41, 5.74) is 0.830. The van der Waals surface area contributed by atoms with Crippen molar-refractivity contribution in [2.24, 2.45) is 0 Å². The molecular formula is C13H16O3S. The second-order valence-corrected chi connectivity index (χ2v) is 4.46. The summed E-state index contributed by atoms with van der Waals surface area (Å²) in [6.07, 6.45) is 3.29. The number of ether oxygens (including phenoxy) is 2. The fourth-order valence-electron chi connectivity index (χ4n) is 1.32. The molecule has 92 valence electrons. The van der Waals surface area contributed by atoms with Crippen molar-refractivity contribution >= 4 is 23.0 Å². The molecular weight excluding hydrogens is 236 g/mol. The Balaban J connectivity index is 2.91. The highest BCUT2D eigenvalue weighted by atomic mass is 32.2. The average molecular weight is 252 g/mol. The van der Waals surface area contributed by atoms with Crippen LogP contribution in [0.25, 0.3) is 6.08 Å². The summed E-state index contributed by atoms with van der Waals surface area (Å²) in [4.78, 5) is 11.4. The summed E-state index contributed by atoms with van der Waals surface area (Å²) in [7, 11) is 3.20. The number of carbonyl (C=O) groups is 1. The lowest BCUT2D eigenvalue weighted by molar-refractivity contribution is -0.106. The van der Waals surface area contributed by atoms with Gasteiger partial charge in [0.15, 0.2) is 0 Å². The molecule has 0 aliphatic carbocycles. The SMILES string of the molecule is CCSC(=O)/C=C/c1cc(OC)ccc1OC. The molecule has 0 heterocycles. The summed E-state index contributed by atoms with van der Waals surface area (Å²) in [5, 5.41) is 0.0392. The second kappa shape index (κ2) is 7.01. The monoisotopic (exact) mass is 252 g/mol. The van der Waals surface area contributed by atoms with Gasteiger partial charge in [0.05, 0.1) is 14.2 Å². The van der Waals surface area contributed by atoms with Crippen molar-refractivity contribution in [2.45, 2.75) is 6.92 Å². The maximum absolute atomic E-state index is 11.4. The molecule has 4 heteroatoms. The van der Waals surface area contributed by atoms with Gasteiger partial charge in [-0.15, -0.1) is 0 Å². The Morgan fingerprint density at radius 1 is 1.35 bits per heavy atom. The Morgan fingerprint density at radius 2 is 2.12 bits per heavy atom. The molecule has 0 radical (unpaired) electrons. The fourth-order valence-corrected chi connectivity index (χ4v) is 1.77. The minimum absolute atomic E-state index is 0.0392. The molecule has 0 amide bonds. The highest BCUT2D eigenvalue weighted by Gasteiger charge is 2.02. The zero-order chi connectivity index (χ0) is 12.7. The molecule has 0 fully saturated rings. The molecule has 0 spiro atoms. The van der Waals surface area contributed by atoms with E-state index < -0.39 is 0 Å². The summed E-state index contributed by atoms with van der Waals surface area (Å²) in [6.45, 7) is 1.95. The van der Waals surface area contributed by atoms with Crippen LogP contribution in [0.15, 0.2) is 24.3 Å². The molecule has 0 unspecified atom stereocenters. The molecule has 0 saturated carbocycles. The number of methoxy groups -OCH3 is 2. The number of benzene rings is 1. The number of carbonyl (C=O) groups excluding carboxylic acids is 1. The molecule has 0 bridgehead atoms. The maximum atomic E-state index is 11.4. The van der Waals surface area contributed by atoms with Gasteiger partial charge in [-0.1, -0.05) is 18.7 Å². The van der Waals surface area contributed by atoms with Gasteiger partial charge in [-0.25, -0.2) is 0 Å². The van der Waals surface area contributed by atoms with E-state index in [0.29, 0.717) is 0 Å². The van der Waals surface area contributed by atoms with Crippen molar-refractivity contribution in [1.82, 2.24) is 0 Å². The van der Waals surface area contributed by atoms with Gasteiger partial charge in [0.2, 0.25) is 5.12 Å². The Morgan fingerprint density at radius 3 is 2.71 bits per heavy atom. The number of hydrogen-bond donors (Lipinski definition) is 0. The molecule has 0 aromatic heterocycles. The smallest absolute Gasteiger partial charge is 0.212 e. The zero-order valence-corrected chi connectivity index (χ0v) is 11.0. The third kappa shape index (κ3) is 4.15. The molecule has 1 aromatic carbocycles. The highest BCUT2D eigenvalue weighted by molar-refractivity contribution is 8.14. The number of rotatable bonds is 5. The molecule has 1 aromatic rings. The van der Waals surface area contributed by atoms with Crippen molar-refractivity contribution in [2.75, 3.05) is 20.0 Å². The van der Waals surface area contributed by atoms with Crippen LogP contribution in [0.1, 0.15) is 12.5 Å². The van der Waals surface area contributed by atoms with Gasteiger partial charge < -0.3 is 9.47 Å². The minimum atomic E-state index is 0.0392.